The van der Waals surface area contributed by atoms with Crippen molar-refractivity contribution < 1.29 is 23.1 Å². The van der Waals surface area contributed by atoms with Gasteiger partial charge in [0.05, 0.1) is 18.9 Å². The fourth-order valence-corrected chi connectivity index (χ4v) is 6.62. The quantitative estimate of drug-likeness (QED) is 0.360. The largest absolute Gasteiger partial charge is 0.497 e. The molecule has 6 rings (SSSR count). The minimum Gasteiger partial charge on any atom is -0.497 e. The summed E-state index contributed by atoms with van der Waals surface area (Å²) in [6.45, 7) is 2.67. The highest BCUT2D eigenvalue weighted by Crippen LogP contribution is 2.33. The monoisotopic (exact) mass is 572 g/mol. The molecular formula is C31H32N4O5S. The molecule has 9 nitrogen and oxygen atoms in total. The zero-order chi connectivity index (χ0) is 28.7. The fourth-order valence-electron chi connectivity index (χ4n) is 5.74. The van der Waals surface area contributed by atoms with Gasteiger partial charge in [0.2, 0.25) is 0 Å². The topological polar surface area (TPSA) is 105 Å². The number of nitrogens with zero attached hydrogens (tertiary/aromatic N) is 4. The van der Waals surface area contributed by atoms with Crippen molar-refractivity contribution in [2.24, 2.45) is 0 Å². The van der Waals surface area contributed by atoms with Crippen molar-refractivity contribution in [3.8, 4) is 22.6 Å². The number of likely N-dealkylation sites (tertiary alicyclic amines) is 1. The highest BCUT2D eigenvalue weighted by Gasteiger charge is 2.36. The van der Waals surface area contributed by atoms with Crippen LogP contribution in [0.5, 0.6) is 5.75 Å². The Balaban J connectivity index is 1.31. The average Bonchev–Trinajstić information content (AvgIpc) is 3.58. The number of aliphatic hydroxyl groups excluding tert-OH is 1. The van der Waals surface area contributed by atoms with Crippen LogP contribution in [0.3, 0.4) is 0 Å². The van der Waals surface area contributed by atoms with Gasteiger partial charge in [0, 0.05) is 43.7 Å². The molecule has 3 heterocycles. The summed E-state index contributed by atoms with van der Waals surface area (Å²) in [5, 5.41) is 14.3. The van der Waals surface area contributed by atoms with Gasteiger partial charge in [-0.1, -0.05) is 36.4 Å². The van der Waals surface area contributed by atoms with E-state index in [1.165, 1.54) is 10.2 Å². The number of aliphatic hydroxyl groups is 1. The Labute approximate surface area is 239 Å². The minimum absolute atomic E-state index is 0.0613. The molecule has 0 bridgehead atoms. The number of ether oxygens (including phenoxy) is 1. The van der Waals surface area contributed by atoms with Crippen LogP contribution in [-0.2, 0) is 22.8 Å². The Morgan fingerprint density at radius 3 is 2.34 bits per heavy atom. The van der Waals surface area contributed by atoms with E-state index in [2.05, 4.69) is 22.1 Å². The smallest absolute Gasteiger partial charge is 0.277 e. The number of carbonyl (C=O) groups excluding carboxylic acids is 1. The van der Waals surface area contributed by atoms with E-state index in [1.54, 1.807) is 36.3 Å². The number of rotatable bonds is 7. The number of hydrogen-bond acceptors (Lipinski definition) is 7. The van der Waals surface area contributed by atoms with E-state index in [4.69, 9.17) is 4.74 Å². The molecule has 1 aromatic heterocycles. The van der Waals surface area contributed by atoms with Gasteiger partial charge in [0.25, 0.3) is 5.91 Å². The number of benzene rings is 3. The first-order valence-corrected chi connectivity index (χ1v) is 15.5. The van der Waals surface area contributed by atoms with Crippen molar-refractivity contribution in [3.05, 3.63) is 89.6 Å². The highest BCUT2D eigenvalue weighted by atomic mass is 32.2. The Bertz CT molecular complexity index is 1700. The standard InChI is InChI=1S/C31H32N4O5S/c1-40-26-13-11-24(12-14-26)35-29-28(30(32-35)41(2,38)39)16-18-34(31(29)37)23-9-7-21(8-10-23)27-6-4-3-5-22(27)19-33-17-15-25(36)20-33/h3-14,25,36H,15-20H2,1-2H3/t25-/m1/s1. The lowest BCUT2D eigenvalue weighted by atomic mass is 9.98. The van der Waals surface area contributed by atoms with Gasteiger partial charge in [0.15, 0.2) is 14.9 Å². The van der Waals surface area contributed by atoms with Gasteiger partial charge in [0.1, 0.15) is 11.4 Å². The molecule has 0 radical (unpaired) electrons. The van der Waals surface area contributed by atoms with E-state index < -0.39 is 9.84 Å². The second-order valence-corrected chi connectivity index (χ2v) is 12.5. The van der Waals surface area contributed by atoms with Crippen LogP contribution in [0.2, 0.25) is 0 Å². The predicted molar refractivity (Wildman–Crippen MR) is 156 cm³/mol. The number of methoxy groups -OCH3 is 1. The summed E-state index contributed by atoms with van der Waals surface area (Å²) < 4.78 is 31.9. The van der Waals surface area contributed by atoms with Gasteiger partial charge in [-0.3, -0.25) is 9.69 Å². The first kappa shape index (κ1) is 27.2. The molecule has 212 valence electrons. The Morgan fingerprint density at radius 2 is 1.68 bits per heavy atom. The number of anilines is 1. The molecule has 41 heavy (non-hydrogen) atoms. The third kappa shape index (κ3) is 5.26. The van der Waals surface area contributed by atoms with E-state index in [9.17, 15) is 18.3 Å². The molecule has 10 heteroatoms. The van der Waals surface area contributed by atoms with Crippen molar-refractivity contribution in [1.82, 2.24) is 14.7 Å². The molecule has 1 saturated heterocycles. The maximum atomic E-state index is 13.9. The Morgan fingerprint density at radius 1 is 0.976 bits per heavy atom. The lowest BCUT2D eigenvalue weighted by Crippen LogP contribution is -2.38. The SMILES string of the molecule is COc1ccc(-n2nc(S(C)(=O)=O)c3c2C(=O)N(c2ccc(-c4ccccc4CN4CC[C@@H](O)C4)cc2)CC3)cc1. The lowest BCUT2D eigenvalue weighted by Gasteiger charge is -2.28. The molecule has 1 fully saturated rings. The van der Waals surface area contributed by atoms with Crippen molar-refractivity contribution in [1.29, 1.82) is 0 Å². The van der Waals surface area contributed by atoms with E-state index >= 15 is 0 Å². The number of carbonyl (C=O) groups is 1. The maximum Gasteiger partial charge on any atom is 0.277 e. The summed E-state index contributed by atoms with van der Waals surface area (Å²) in [4.78, 5) is 17.9. The van der Waals surface area contributed by atoms with Gasteiger partial charge < -0.3 is 14.7 Å². The van der Waals surface area contributed by atoms with Crippen molar-refractivity contribution in [2.75, 3.05) is 37.9 Å². The zero-order valence-corrected chi connectivity index (χ0v) is 23.8. The van der Waals surface area contributed by atoms with Crippen LogP contribution in [0.15, 0.2) is 77.8 Å². The van der Waals surface area contributed by atoms with Crippen molar-refractivity contribution in [3.63, 3.8) is 0 Å². The first-order valence-electron chi connectivity index (χ1n) is 13.6. The van der Waals surface area contributed by atoms with E-state index in [1.807, 2.05) is 36.4 Å². The number of β-amino-alcohol motifs (C(OH)–C–C–N with tert-alkyl or cyclic N) is 1. The maximum absolute atomic E-state index is 13.9. The first-order chi connectivity index (χ1) is 19.7. The molecule has 4 aromatic rings. The number of sulfone groups is 1. The van der Waals surface area contributed by atoms with Crippen molar-refractivity contribution in [2.45, 2.75) is 30.5 Å². The van der Waals surface area contributed by atoms with Crippen LogP contribution in [0, 0.1) is 0 Å². The van der Waals surface area contributed by atoms with Gasteiger partial charge in [-0.2, -0.15) is 5.10 Å². The van der Waals surface area contributed by atoms with Crippen LogP contribution in [0.25, 0.3) is 16.8 Å². The molecule has 2 aliphatic heterocycles. The third-order valence-electron chi connectivity index (χ3n) is 7.80. The molecule has 1 amide bonds. The van der Waals surface area contributed by atoms with Crippen LogP contribution < -0.4 is 9.64 Å². The molecule has 3 aromatic carbocycles. The Kier molecular flexibility index (Phi) is 7.14. The van der Waals surface area contributed by atoms with Crippen LogP contribution in [0.1, 0.15) is 28.0 Å². The molecule has 1 atom stereocenters. The Hall–Kier alpha value is -3.99. The predicted octanol–water partition coefficient (Wildman–Crippen LogP) is 3.72. The summed E-state index contributed by atoms with van der Waals surface area (Å²) in [7, 11) is -2.08. The van der Waals surface area contributed by atoms with Gasteiger partial charge >= 0.3 is 0 Å². The number of amides is 1. The summed E-state index contributed by atoms with van der Waals surface area (Å²) in [6.07, 6.45) is 2.02. The van der Waals surface area contributed by atoms with Crippen molar-refractivity contribution >= 4 is 21.4 Å². The van der Waals surface area contributed by atoms with E-state index in [-0.39, 0.29) is 22.7 Å². The van der Waals surface area contributed by atoms with Crippen LogP contribution in [-0.4, -0.2) is 73.2 Å². The summed E-state index contributed by atoms with van der Waals surface area (Å²) in [6, 6.07) is 23.1. The molecule has 1 N–H and O–H groups in total. The van der Waals surface area contributed by atoms with Crippen LogP contribution >= 0.6 is 0 Å². The number of fused-ring (bicyclic) bond motifs is 1. The second kappa shape index (κ2) is 10.8. The minimum atomic E-state index is -3.65. The molecule has 0 spiro atoms. The zero-order valence-electron chi connectivity index (χ0n) is 23.0. The summed E-state index contributed by atoms with van der Waals surface area (Å²) in [5.41, 5.74) is 5.34. The van der Waals surface area contributed by atoms with Gasteiger partial charge in [-0.05, 0) is 65.9 Å². The highest BCUT2D eigenvalue weighted by molar-refractivity contribution is 7.90. The normalized spacial score (nSPS) is 17.6. The van der Waals surface area contributed by atoms with Gasteiger partial charge in [-0.15, -0.1) is 0 Å². The molecule has 0 saturated carbocycles. The number of hydrogen-bond donors (Lipinski definition) is 1. The number of aromatic nitrogens is 2. The van der Waals surface area contributed by atoms with E-state index in [0.717, 1.165) is 42.6 Å². The second-order valence-electron chi connectivity index (χ2n) is 10.6. The van der Waals surface area contributed by atoms with Crippen LogP contribution in [0.4, 0.5) is 5.69 Å². The molecule has 0 unspecified atom stereocenters. The third-order valence-corrected chi connectivity index (χ3v) is 8.83. The summed E-state index contributed by atoms with van der Waals surface area (Å²) >= 11 is 0. The fraction of sp³-hybridized carbons (Fsp3) is 0.290. The average molecular weight is 573 g/mol. The molecular weight excluding hydrogens is 540 g/mol. The van der Waals surface area contributed by atoms with Gasteiger partial charge in [-0.25, -0.2) is 13.1 Å². The molecule has 0 aliphatic carbocycles. The van der Waals surface area contributed by atoms with E-state index in [0.29, 0.717) is 36.5 Å². The lowest BCUT2D eigenvalue weighted by molar-refractivity contribution is 0.0973. The molecule has 2 aliphatic rings. The summed E-state index contributed by atoms with van der Waals surface area (Å²) in [5.74, 6) is 0.343.